The fourth-order valence-electron chi connectivity index (χ4n) is 4.06. The highest BCUT2D eigenvalue weighted by Gasteiger charge is 2.13. The maximum Gasteiger partial charge on any atom is 0.300 e. The van der Waals surface area contributed by atoms with Crippen molar-refractivity contribution in [2.75, 3.05) is 6.54 Å². The Bertz CT molecular complexity index is 1300. The van der Waals surface area contributed by atoms with Crippen LogP contribution in [0.25, 0.3) is 11.3 Å². The van der Waals surface area contributed by atoms with Crippen LogP contribution >= 0.6 is 0 Å². The van der Waals surface area contributed by atoms with Gasteiger partial charge in [0.15, 0.2) is 0 Å². The van der Waals surface area contributed by atoms with E-state index >= 15 is 0 Å². The lowest BCUT2D eigenvalue weighted by molar-refractivity contribution is -0.121. The molecule has 33 heavy (non-hydrogen) atoms. The van der Waals surface area contributed by atoms with Crippen LogP contribution < -0.4 is 10.9 Å². The van der Waals surface area contributed by atoms with Crippen LogP contribution in [-0.2, 0) is 11.2 Å². The Morgan fingerprint density at radius 2 is 1.76 bits per heavy atom. The van der Waals surface area contributed by atoms with Crippen LogP contribution in [-0.4, -0.2) is 31.6 Å². The Labute approximate surface area is 193 Å². The molecule has 0 saturated carbocycles. The molecule has 0 aliphatic carbocycles. The summed E-state index contributed by atoms with van der Waals surface area (Å²) in [6, 6.07) is 16.2. The summed E-state index contributed by atoms with van der Waals surface area (Å²) in [4.78, 5) is 25.3. The van der Waals surface area contributed by atoms with Gasteiger partial charge in [0.2, 0.25) is 11.6 Å². The summed E-state index contributed by atoms with van der Waals surface area (Å²) >= 11 is 0. The van der Waals surface area contributed by atoms with Gasteiger partial charge in [-0.2, -0.15) is 0 Å². The predicted octanol–water partition coefficient (Wildman–Crippen LogP) is 3.74. The van der Waals surface area contributed by atoms with Crippen molar-refractivity contribution in [1.82, 2.24) is 24.5 Å². The predicted molar refractivity (Wildman–Crippen MR) is 129 cm³/mol. The first kappa shape index (κ1) is 22.5. The number of nitrogens with zero attached hydrogens (tertiary/aromatic N) is 4. The molecule has 1 amide bonds. The average molecular weight is 444 g/mol. The van der Waals surface area contributed by atoms with Crippen molar-refractivity contribution in [3.8, 4) is 5.69 Å². The third kappa shape index (κ3) is 5.19. The third-order valence-corrected chi connectivity index (χ3v) is 5.80. The van der Waals surface area contributed by atoms with Gasteiger partial charge in [-0.05, 0) is 55.0 Å². The van der Waals surface area contributed by atoms with Crippen LogP contribution in [0.15, 0.2) is 65.7 Å². The van der Waals surface area contributed by atoms with E-state index in [2.05, 4.69) is 40.6 Å². The largest absolute Gasteiger partial charge is 0.356 e. The van der Waals surface area contributed by atoms with Crippen molar-refractivity contribution in [1.29, 1.82) is 0 Å². The fraction of sp³-hybridized carbons (Fsp3) is 0.308. The van der Waals surface area contributed by atoms with Crippen molar-refractivity contribution in [2.45, 2.75) is 46.0 Å². The SMILES string of the molecule is Cc1cc(C)cc(-n2ccn3c(CCCC(=O)NC[C@H](C)c4ccccc4)nnc3c2=O)c1. The molecule has 0 aliphatic heterocycles. The number of benzene rings is 2. The van der Waals surface area contributed by atoms with Gasteiger partial charge < -0.3 is 5.32 Å². The highest BCUT2D eigenvalue weighted by atomic mass is 16.1. The summed E-state index contributed by atoms with van der Waals surface area (Å²) < 4.78 is 3.31. The minimum absolute atomic E-state index is 0.0174. The molecule has 170 valence electrons. The molecule has 0 aliphatic rings. The van der Waals surface area contributed by atoms with Crippen molar-refractivity contribution in [3.05, 3.63) is 93.8 Å². The standard InChI is InChI=1S/C26H29N5O2/c1-18-14-19(2)16-22(15-18)30-12-13-31-23(28-29-25(31)26(30)33)10-7-11-24(32)27-17-20(3)21-8-5-4-6-9-21/h4-6,8-9,12-16,20H,7,10-11,17H2,1-3H3,(H,27,32)/t20-/m0/s1. The number of amides is 1. The molecule has 7 nitrogen and oxygen atoms in total. The van der Waals surface area contributed by atoms with E-state index in [4.69, 9.17) is 0 Å². The highest BCUT2D eigenvalue weighted by Crippen LogP contribution is 2.14. The molecule has 0 radical (unpaired) electrons. The zero-order valence-corrected chi connectivity index (χ0v) is 19.3. The van der Waals surface area contributed by atoms with E-state index in [1.807, 2.05) is 50.4 Å². The van der Waals surface area contributed by atoms with Crippen molar-refractivity contribution in [3.63, 3.8) is 0 Å². The van der Waals surface area contributed by atoms with Crippen molar-refractivity contribution < 1.29 is 4.79 Å². The summed E-state index contributed by atoms with van der Waals surface area (Å²) in [6.07, 6.45) is 5.15. The number of fused-ring (bicyclic) bond motifs is 1. The summed E-state index contributed by atoms with van der Waals surface area (Å²) in [7, 11) is 0. The summed E-state index contributed by atoms with van der Waals surface area (Å²) in [6.45, 7) is 6.72. The Morgan fingerprint density at radius 3 is 2.48 bits per heavy atom. The molecule has 2 aromatic heterocycles. The zero-order valence-electron chi connectivity index (χ0n) is 19.3. The van der Waals surface area contributed by atoms with E-state index < -0.39 is 0 Å². The summed E-state index contributed by atoms with van der Waals surface area (Å²) in [5, 5.41) is 11.3. The lowest BCUT2D eigenvalue weighted by Crippen LogP contribution is -2.27. The highest BCUT2D eigenvalue weighted by molar-refractivity contribution is 5.75. The van der Waals surface area contributed by atoms with E-state index in [-0.39, 0.29) is 23.0 Å². The number of aromatic nitrogens is 4. The first-order valence-electron chi connectivity index (χ1n) is 11.3. The van der Waals surface area contributed by atoms with E-state index in [1.54, 1.807) is 15.2 Å². The van der Waals surface area contributed by atoms with Crippen LogP contribution in [0, 0.1) is 13.8 Å². The van der Waals surface area contributed by atoms with Gasteiger partial charge in [-0.15, -0.1) is 10.2 Å². The molecule has 1 N–H and O–H groups in total. The van der Waals surface area contributed by atoms with Gasteiger partial charge in [-0.1, -0.05) is 43.3 Å². The second kappa shape index (κ2) is 9.81. The maximum absolute atomic E-state index is 13.0. The van der Waals surface area contributed by atoms with Crippen LogP contribution in [0.1, 0.15) is 48.2 Å². The summed E-state index contributed by atoms with van der Waals surface area (Å²) in [5.41, 5.74) is 4.28. The van der Waals surface area contributed by atoms with E-state index in [9.17, 15) is 9.59 Å². The Kier molecular flexibility index (Phi) is 6.68. The topological polar surface area (TPSA) is 81.3 Å². The van der Waals surface area contributed by atoms with Crippen molar-refractivity contribution in [2.24, 2.45) is 0 Å². The van der Waals surface area contributed by atoms with Gasteiger partial charge in [0.05, 0.1) is 0 Å². The normalized spacial score (nSPS) is 12.1. The van der Waals surface area contributed by atoms with Gasteiger partial charge in [-0.3, -0.25) is 18.6 Å². The molecule has 0 fully saturated rings. The fourth-order valence-corrected chi connectivity index (χ4v) is 4.06. The lowest BCUT2D eigenvalue weighted by Gasteiger charge is -2.13. The maximum atomic E-state index is 13.0. The Balaban J connectivity index is 1.37. The van der Waals surface area contributed by atoms with Crippen molar-refractivity contribution >= 4 is 11.6 Å². The lowest BCUT2D eigenvalue weighted by atomic mass is 10.0. The zero-order chi connectivity index (χ0) is 23.4. The molecule has 0 spiro atoms. The first-order chi connectivity index (χ1) is 15.9. The second-order valence-corrected chi connectivity index (χ2v) is 8.60. The second-order valence-electron chi connectivity index (χ2n) is 8.60. The third-order valence-electron chi connectivity index (χ3n) is 5.80. The number of hydrogen-bond acceptors (Lipinski definition) is 4. The molecular formula is C26H29N5O2. The molecule has 4 rings (SSSR count). The average Bonchev–Trinajstić information content (AvgIpc) is 3.21. The molecule has 1 atom stereocenters. The number of nitrogens with one attached hydrogen (secondary N) is 1. The monoisotopic (exact) mass is 443 g/mol. The number of carbonyl (C=O) groups is 1. The van der Waals surface area contributed by atoms with Crippen LogP contribution in [0.2, 0.25) is 0 Å². The van der Waals surface area contributed by atoms with Crippen LogP contribution in [0.3, 0.4) is 0 Å². The quantitative estimate of drug-likeness (QED) is 0.450. The molecule has 7 heteroatoms. The van der Waals surface area contributed by atoms with E-state index in [0.717, 1.165) is 16.8 Å². The van der Waals surface area contributed by atoms with Crippen LogP contribution in [0.5, 0.6) is 0 Å². The molecule has 2 aromatic carbocycles. The molecule has 0 bridgehead atoms. The molecule has 2 heterocycles. The van der Waals surface area contributed by atoms with E-state index in [1.165, 1.54) is 5.56 Å². The number of carbonyl (C=O) groups excluding carboxylic acids is 1. The molecule has 4 aromatic rings. The van der Waals surface area contributed by atoms with Gasteiger partial charge in [0.25, 0.3) is 0 Å². The van der Waals surface area contributed by atoms with Gasteiger partial charge in [0, 0.05) is 37.5 Å². The molecule has 0 unspecified atom stereocenters. The van der Waals surface area contributed by atoms with Crippen LogP contribution in [0.4, 0.5) is 0 Å². The molecule has 0 saturated heterocycles. The minimum atomic E-state index is -0.214. The number of rotatable bonds is 8. The van der Waals surface area contributed by atoms with Gasteiger partial charge >= 0.3 is 5.56 Å². The number of hydrogen-bond donors (Lipinski definition) is 1. The minimum Gasteiger partial charge on any atom is -0.356 e. The van der Waals surface area contributed by atoms with Gasteiger partial charge in [-0.25, -0.2) is 0 Å². The molecular weight excluding hydrogens is 414 g/mol. The summed E-state index contributed by atoms with van der Waals surface area (Å²) in [5.74, 6) is 0.957. The Hall–Kier alpha value is -3.74. The van der Waals surface area contributed by atoms with Gasteiger partial charge in [0.1, 0.15) is 5.82 Å². The number of aryl methyl sites for hydroxylation is 3. The van der Waals surface area contributed by atoms with E-state index in [0.29, 0.717) is 31.6 Å². The Morgan fingerprint density at radius 1 is 1.03 bits per heavy atom. The smallest absolute Gasteiger partial charge is 0.300 e. The first-order valence-corrected chi connectivity index (χ1v) is 11.3.